The molecule has 0 N–H and O–H groups in total. The Hall–Kier alpha value is -3.86. The summed E-state index contributed by atoms with van der Waals surface area (Å²) in [6, 6.07) is 22.7. The topological polar surface area (TPSA) is 49.9 Å². The van der Waals surface area contributed by atoms with Crippen LogP contribution in [-0.2, 0) is 9.59 Å². The van der Waals surface area contributed by atoms with Gasteiger partial charge in [0, 0.05) is 12.2 Å². The zero-order chi connectivity index (χ0) is 22.8. The molecule has 5 nitrogen and oxygen atoms in total. The number of likely N-dealkylation sites (N-methyl/N-ethyl adjacent to an activating group) is 1. The van der Waals surface area contributed by atoms with E-state index in [-0.39, 0.29) is 11.8 Å². The van der Waals surface area contributed by atoms with Gasteiger partial charge in [0.15, 0.2) is 0 Å². The standard InChI is InChI=1S/C27H26N2O3/c1-5-28(21-9-7-6-8-10-21)25-24(20-12-14-22(32-4)15-13-20)26(30)29(27(25)31)23-16-11-18(2)17-19(23)3/h6-17H,5H2,1-4H3. The van der Waals surface area contributed by atoms with Crippen LogP contribution in [0.3, 0.4) is 0 Å². The van der Waals surface area contributed by atoms with Crippen LogP contribution >= 0.6 is 0 Å². The molecule has 0 atom stereocenters. The lowest BCUT2D eigenvalue weighted by Crippen LogP contribution is -2.35. The zero-order valence-corrected chi connectivity index (χ0v) is 18.8. The highest BCUT2D eigenvalue weighted by molar-refractivity contribution is 6.46. The molecule has 1 heterocycles. The molecule has 0 saturated carbocycles. The molecule has 0 fully saturated rings. The van der Waals surface area contributed by atoms with Crippen molar-refractivity contribution in [2.24, 2.45) is 0 Å². The number of hydrogen-bond donors (Lipinski definition) is 0. The number of carbonyl (C=O) groups is 2. The number of rotatable bonds is 6. The van der Waals surface area contributed by atoms with Crippen molar-refractivity contribution in [1.82, 2.24) is 0 Å². The average molecular weight is 427 g/mol. The number of methoxy groups -OCH3 is 1. The molecule has 0 spiro atoms. The van der Waals surface area contributed by atoms with Gasteiger partial charge in [-0.1, -0.05) is 48.0 Å². The lowest BCUT2D eigenvalue weighted by molar-refractivity contribution is -0.120. The molecule has 1 aliphatic rings. The number of amides is 2. The van der Waals surface area contributed by atoms with Crippen molar-refractivity contribution in [3.63, 3.8) is 0 Å². The Balaban J connectivity index is 1.91. The second-order valence-electron chi connectivity index (χ2n) is 7.77. The lowest BCUT2D eigenvalue weighted by atomic mass is 10.0. The molecule has 0 saturated heterocycles. The quantitative estimate of drug-likeness (QED) is 0.513. The van der Waals surface area contributed by atoms with Gasteiger partial charge in [-0.15, -0.1) is 0 Å². The summed E-state index contributed by atoms with van der Waals surface area (Å²) >= 11 is 0. The fraction of sp³-hybridized carbons (Fsp3) is 0.185. The van der Waals surface area contributed by atoms with E-state index in [4.69, 9.17) is 4.74 Å². The maximum atomic E-state index is 13.8. The second kappa shape index (κ2) is 8.71. The highest BCUT2D eigenvalue weighted by atomic mass is 16.5. The van der Waals surface area contributed by atoms with Crippen molar-refractivity contribution in [2.45, 2.75) is 20.8 Å². The molecule has 162 valence electrons. The fourth-order valence-electron chi connectivity index (χ4n) is 4.14. The van der Waals surface area contributed by atoms with Crippen LogP contribution in [0.1, 0.15) is 23.6 Å². The van der Waals surface area contributed by atoms with E-state index in [2.05, 4.69) is 0 Å². The Morgan fingerprint density at radius 2 is 1.56 bits per heavy atom. The summed E-state index contributed by atoms with van der Waals surface area (Å²) in [6.45, 7) is 6.43. The minimum atomic E-state index is -0.323. The number of carbonyl (C=O) groups excluding carboxylic acids is 2. The summed E-state index contributed by atoms with van der Waals surface area (Å²) in [5.74, 6) is 0.0456. The van der Waals surface area contributed by atoms with Crippen LogP contribution in [0.15, 0.2) is 78.5 Å². The largest absolute Gasteiger partial charge is 0.497 e. The molecule has 32 heavy (non-hydrogen) atoms. The number of ether oxygens (including phenoxy) is 1. The van der Waals surface area contributed by atoms with E-state index in [0.717, 1.165) is 16.8 Å². The second-order valence-corrected chi connectivity index (χ2v) is 7.77. The molecule has 0 bridgehead atoms. The Kier molecular flexibility index (Phi) is 5.82. The van der Waals surface area contributed by atoms with Gasteiger partial charge < -0.3 is 9.64 Å². The van der Waals surface area contributed by atoms with E-state index in [1.165, 1.54) is 4.90 Å². The Morgan fingerprint density at radius 1 is 0.875 bits per heavy atom. The molecule has 2 amide bonds. The normalized spacial score (nSPS) is 13.7. The zero-order valence-electron chi connectivity index (χ0n) is 18.8. The molecule has 0 aliphatic carbocycles. The number of hydrogen-bond acceptors (Lipinski definition) is 4. The monoisotopic (exact) mass is 426 g/mol. The summed E-state index contributed by atoms with van der Waals surface area (Å²) in [6.07, 6.45) is 0. The summed E-state index contributed by atoms with van der Waals surface area (Å²) in [7, 11) is 1.60. The Bertz CT molecular complexity index is 1200. The first-order chi connectivity index (χ1) is 15.5. The summed E-state index contributed by atoms with van der Waals surface area (Å²) in [5.41, 5.74) is 4.88. The van der Waals surface area contributed by atoms with Gasteiger partial charge in [0.25, 0.3) is 11.8 Å². The van der Waals surface area contributed by atoms with E-state index >= 15 is 0 Å². The highest BCUT2D eigenvalue weighted by Crippen LogP contribution is 2.38. The molecule has 0 aromatic heterocycles. The van der Waals surface area contributed by atoms with Gasteiger partial charge in [-0.05, 0) is 62.2 Å². The van der Waals surface area contributed by atoms with Gasteiger partial charge in [0.1, 0.15) is 11.4 Å². The van der Waals surface area contributed by atoms with Crippen LogP contribution in [0, 0.1) is 13.8 Å². The van der Waals surface area contributed by atoms with Crippen molar-refractivity contribution in [3.05, 3.63) is 95.2 Å². The van der Waals surface area contributed by atoms with Gasteiger partial charge in [-0.2, -0.15) is 0 Å². The van der Waals surface area contributed by atoms with Crippen molar-refractivity contribution < 1.29 is 14.3 Å². The molecule has 0 unspecified atom stereocenters. The van der Waals surface area contributed by atoms with E-state index < -0.39 is 0 Å². The third kappa shape index (κ3) is 3.66. The Labute approximate surface area is 188 Å². The maximum absolute atomic E-state index is 13.8. The minimum Gasteiger partial charge on any atom is -0.497 e. The molecule has 5 heteroatoms. The number of anilines is 2. The predicted molar refractivity (Wildman–Crippen MR) is 128 cm³/mol. The fourth-order valence-corrected chi connectivity index (χ4v) is 4.14. The molecule has 1 aliphatic heterocycles. The SMILES string of the molecule is CCN(C1=C(c2ccc(OC)cc2)C(=O)N(c2ccc(C)cc2C)C1=O)c1ccccc1. The van der Waals surface area contributed by atoms with E-state index in [1.54, 1.807) is 19.2 Å². The van der Waals surface area contributed by atoms with Crippen LogP contribution in [0.2, 0.25) is 0 Å². The number of para-hydroxylation sites is 1. The molecular weight excluding hydrogens is 400 g/mol. The number of aryl methyl sites for hydroxylation is 2. The van der Waals surface area contributed by atoms with Crippen LogP contribution in [0.4, 0.5) is 11.4 Å². The van der Waals surface area contributed by atoms with E-state index in [9.17, 15) is 9.59 Å². The van der Waals surface area contributed by atoms with Crippen LogP contribution < -0.4 is 14.5 Å². The molecule has 4 rings (SSSR count). The molecular formula is C27H26N2O3. The number of nitrogens with zero attached hydrogens (tertiary/aromatic N) is 2. The third-order valence-electron chi connectivity index (χ3n) is 5.69. The summed E-state index contributed by atoms with van der Waals surface area (Å²) < 4.78 is 5.27. The van der Waals surface area contributed by atoms with Crippen molar-refractivity contribution in [1.29, 1.82) is 0 Å². The lowest BCUT2D eigenvalue weighted by Gasteiger charge is -2.25. The van der Waals surface area contributed by atoms with Crippen molar-refractivity contribution >= 4 is 28.8 Å². The van der Waals surface area contributed by atoms with Gasteiger partial charge >= 0.3 is 0 Å². The minimum absolute atomic E-state index is 0.321. The average Bonchev–Trinajstić information content (AvgIpc) is 3.05. The van der Waals surface area contributed by atoms with Crippen LogP contribution in [0.5, 0.6) is 5.75 Å². The highest BCUT2D eigenvalue weighted by Gasteiger charge is 2.43. The predicted octanol–water partition coefficient (Wildman–Crippen LogP) is 5.12. The van der Waals surface area contributed by atoms with Crippen LogP contribution in [0.25, 0.3) is 5.57 Å². The molecule has 3 aromatic carbocycles. The van der Waals surface area contributed by atoms with Crippen molar-refractivity contribution in [3.8, 4) is 5.75 Å². The van der Waals surface area contributed by atoms with Gasteiger partial charge in [0.2, 0.25) is 0 Å². The Morgan fingerprint density at radius 3 is 2.16 bits per heavy atom. The first kappa shape index (κ1) is 21.4. The number of imide groups is 1. The maximum Gasteiger partial charge on any atom is 0.282 e. The van der Waals surface area contributed by atoms with Gasteiger partial charge in [0.05, 0.1) is 18.4 Å². The summed E-state index contributed by atoms with van der Waals surface area (Å²) in [4.78, 5) is 30.8. The number of benzene rings is 3. The van der Waals surface area contributed by atoms with Crippen LogP contribution in [-0.4, -0.2) is 25.5 Å². The van der Waals surface area contributed by atoms with Gasteiger partial charge in [-0.3, -0.25) is 9.59 Å². The van der Waals surface area contributed by atoms with Gasteiger partial charge in [-0.25, -0.2) is 4.90 Å². The van der Waals surface area contributed by atoms with Crippen molar-refractivity contribution in [2.75, 3.05) is 23.5 Å². The first-order valence-corrected chi connectivity index (χ1v) is 10.6. The first-order valence-electron chi connectivity index (χ1n) is 10.6. The molecule has 0 radical (unpaired) electrons. The van der Waals surface area contributed by atoms with E-state index in [1.807, 2.05) is 86.3 Å². The smallest absolute Gasteiger partial charge is 0.282 e. The third-order valence-corrected chi connectivity index (χ3v) is 5.69. The van der Waals surface area contributed by atoms with E-state index in [0.29, 0.717) is 34.8 Å². The summed E-state index contributed by atoms with van der Waals surface area (Å²) in [5, 5.41) is 0. The molecule has 3 aromatic rings.